The van der Waals surface area contributed by atoms with Crippen molar-refractivity contribution >= 4 is 11.6 Å². The van der Waals surface area contributed by atoms with Crippen LogP contribution in [0.1, 0.15) is 18.9 Å². The second-order valence-corrected chi connectivity index (χ2v) is 6.14. The monoisotopic (exact) mass is 393 g/mol. The van der Waals surface area contributed by atoms with E-state index in [-0.39, 0.29) is 12.5 Å². The Morgan fingerprint density at radius 1 is 1.03 bits per heavy atom. The molecule has 0 aliphatic rings. The molecule has 0 aliphatic heterocycles. The summed E-state index contributed by atoms with van der Waals surface area (Å²) in [5, 5.41) is 0. The van der Waals surface area contributed by atoms with Crippen molar-refractivity contribution in [1.29, 1.82) is 0 Å². The first-order valence-corrected chi connectivity index (χ1v) is 9.20. The average molecular weight is 393 g/mol. The number of carbonyl (C=O) groups excluding carboxylic acids is 1. The van der Waals surface area contributed by atoms with Crippen molar-refractivity contribution in [2.45, 2.75) is 19.9 Å². The second kappa shape index (κ2) is 9.54. The maximum atomic E-state index is 12.8. The predicted molar refractivity (Wildman–Crippen MR) is 110 cm³/mol. The molecule has 0 atom stereocenters. The van der Waals surface area contributed by atoms with Gasteiger partial charge in [-0.1, -0.05) is 25.1 Å². The van der Waals surface area contributed by atoms with Crippen LogP contribution in [0.4, 0.5) is 5.69 Å². The highest BCUT2D eigenvalue weighted by atomic mass is 16.5. The van der Waals surface area contributed by atoms with Crippen molar-refractivity contribution in [1.82, 2.24) is 9.97 Å². The minimum atomic E-state index is -0.0948. The van der Waals surface area contributed by atoms with Gasteiger partial charge >= 0.3 is 0 Å². The Morgan fingerprint density at radius 3 is 2.52 bits per heavy atom. The van der Waals surface area contributed by atoms with Crippen LogP contribution in [0.25, 0.3) is 0 Å². The summed E-state index contributed by atoms with van der Waals surface area (Å²) in [5.74, 6) is 2.16. The average Bonchev–Trinajstić information content (AvgIpc) is 2.78. The van der Waals surface area contributed by atoms with Gasteiger partial charge in [0.25, 0.3) is 0 Å². The molecular weight excluding hydrogens is 370 g/mol. The molecule has 3 aromatic rings. The Labute approximate surface area is 169 Å². The van der Waals surface area contributed by atoms with Crippen LogP contribution >= 0.6 is 0 Å². The predicted octanol–water partition coefficient (Wildman–Crippen LogP) is 4.23. The van der Waals surface area contributed by atoms with E-state index in [1.54, 1.807) is 32.2 Å². The number of nitrogens with zero attached hydrogens (tertiary/aromatic N) is 3. The molecule has 0 spiro atoms. The van der Waals surface area contributed by atoms with Crippen molar-refractivity contribution in [2.24, 2.45) is 0 Å². The number of ether oxygens (including phenoxy) is 3. The van der Waals surface area contributed by atoms with E-state index < -0.39 is 0 Å². The van der Waals surface area contributed by atoms with Gasteiger partial charge in [-0.25, -0.2) is 4.98 Å². The summed E-state index contributed by atoms with van der Waals surface area (Å²) in [4.78, 5) is 22.8. The van der Waals surface area contributed by atoms with Gasteiger partial charge in [0, 0.05) is 12.0 Å². The lowest BCUT2D eigenvalue weighted by atomic mass is 10.1. The van der Waals surface area contributed by atoms with Crippen LogP contribution in [0.5, 0.6) is 23.1 Å². The van der Waals surface area contributed by atoms with Crippen LogP contribution < -0.4 is 19.1 Å². The third kappa shape index (κ3) is 4.82. The fraction of sp³-hybridized carbons (Fsp3) is 0.227. The number of benzene rings is 2. The lowest BCUT2D eigenvalue weighted by molar-refractivity contribution is -0.118. The minimum Gasteiger partial charge on any atom is -0.497 e. The SMILES string of the molecule is CCC(=O)N(Cc1cc(OC)ccc1OC)c1cncnc1Oc1ccccc1. The van der Waals surface area contributed by atoms with Crippen LogP contribution in [0.15, 0.2) is 61.1 Å². The molecule has 0 saturated carbocycles. The Hall–Kier alpha value is -3.61. The quantitative estimate of drug-likeness (QED) is 0.570. The molecule has 1 amide bonds. The molecule has 150 valence electrons. The van der Waals surface area contributed by atoms with Gasteiger partial charge in [-0.15, -0.1) is 0 Å². The summed E-state index contributed by atoms with van der Waals surface area (Å²) >= 11 is 0. The smallest absolute Gasteiger partial charge is 0.246 e. The van der Waals surface area contributed by atoms with E-state index in [1.807, 2.05) is 48.5 Å². The number of hydrogen-bond acceptors (Lipinski definition) is 6. The Balaban J connectivity index is 2.00. The Morgan fingerprint density at radius 2 is 1.83 bits per heavy atom. The molecule has 0 bridgehead atoms. The van der Waals surface area contributed by atoms with Crippen molar-refractivity contribution in [2.75, 3.05) is 19.1 Å². The van der Waals surface area contributed by atoms with Crippen molar-refractivity contribution in [3.05, 3.63) is 66.6 Å². The highest BCUT2D eigenvalue weighted by Gasteiger charge is 2.22. The topological polar surface area (TPSA) is 73.8 Å². The first kappa shape index (κ1) is 20.1. The summed E-state index contributed by atoms with van der Waals surface area (Å²) in [5.41, 5.74) is 1.27. The van der Waals surface area contributed by atoms with Gasteiger partial charge in [-0.05, 0) is 30.3 Å². The third-order valence-corrected chi connectivity index (χ3v) is 4.33. The molecule has 29 heavy (non-hydrogen) atoms. The molecule has 1 heterocycles. The van der Waals surface area contributed by atoms with Gasteiger partial charge in [0.1, 0.15) is 29.3 Å². The zero-order valence-corrected chi connectivity index (χ0v) is 16.7. The zero-order chi connectivity index (χ0) is 20.6. The van der Waals surface area contributed by atoms with Crippen LogP contribution in [0, 0.1) is 0 Å². The molecule has 3 rings (SSSR count). The minimum absolute atomic E-state index is 0.0948. The van der Waals surface area contributed by atoms with Gasteiger partial charge in [-0.3, -0.25) is 4.79 Å². The molecule has 0 fully saturated rings. The molecule has 7 heteroatoms. The van der Waals surface area contributed by atoms with Crippen molar-refractivity contribution < 1.29 is 19.0 Å². The van der Waals surface area contributed by atoms with Gasteiger partial charge in [-0.2, -0.15) is 4.98 Å². The van der Waals surface area contributed by atoms with E-state index in [4.69, 9.17) is 14.2 Å². The highest BCUT2D eigenvalue weighted by molar-refractivity contribution is 5.94. The summed E-state index contributed by atoms with van der Waals surface area (Å²) in [6.45, 7) is 2.06. The van der Waals surface area contributed by atoms with Gasteiger partial charge < -0.3 is 19.1 Å². The summed E-state index contributed by atoms with van der Waals surface area (Å²) in [6.07, 6.45) is 3.28. The molecular formula is C22H23N3O4. The van der Waals surface area contributed by atoms with E-state index >= 15 is 0 Å². The number of methoxy groups -OCH3 is 2. The first-order chi connectivity index (χ1) is 14.2. The summed E-state index contributed by atoms with van der Waals surface area (Å²) < 4.78 is 16.7. The fourth-order valence-electron chi connectivity index (χ4n) is 2.85. The second-order valence-electron chi connectivity index (χ2n) is 6.14. The Kier molecular flexibility index (Phi) is 6.63. The van der Waals surface area contributed by atoms with E-state index in [1.165, 1.54) is 6.33 Å². The summed E-state index contributed by atoms with van der Waals surface area (Å²) in [7, 11) is 3.18. The number of para-hydroxylation sites is 1. The van der Waals surface area contributed by atoms with E-state index in [0.29, 0.717) is 35.2 Å². The number of aromatic nitrogens is 2. The largest absolute Gasteiger partial charge is 0.497 e. The number of carbonyl (C=O) groups is 1. The normalized spacial score (nSPS) is 10.3. The van der Waals surface area contributed by atoms with Gasteiger partial charge in [0.15, 0.2) is 0 Å². The number of amides is 1. The molecule has 2 aromatic carbocycles. The van der Waals surface area contributed by atoms with Gasteiger partial charge in [0.05, 0.1) is 27.0 Å². The molecule has 0 radical (unpaired) electrons. The van der Waals surface area contributed by atoms with Crippen molar-refractivity contribution in [3.8, 4) is 23.1 Å². The standard InChI is InChI=1S/C22H23N3O4/c1-4-21(26)25(14-16-12-18(27-2)10-11-20(16)28-3)19-13-23-15-24-22(19)29-17-8-6-5-7-9-17/h5-13,15H,4,14H2,1-3H3. The maximum Gasteiger partial charge on any atom is 0.246 e. The van der Waals surface area contributed by atoms with E-state index in [9.17, 15) is 4.79 Å². The lowest BCUT2D eigenvalue weighted by Gasteiger charge is -2.24. The molecule has 0 unspecified atom stereocenters. The maximum absolute atomic E-state index is 12.8. The number of anilines is 1. The van der Waals surface area contributed by atoms with Crippen LogP contribution in [0.2, 0.25) is 0 Å². The first-order valence-electron chi connectivity index (χ1n) is 9.20. The van der Waals surface area contributed by atoms with Crippen LogP contribution in [-0.2, 0) is 11.3 Å². The van der Waals surface area contributed by atoms with Crippen LogP contribution in [0.3, 0.4) is 0 Å². The number of hydrogen-bond donors (Lipinski definition) is 0. The fourth-order valence-corrected chi connectivity index (χ4v) is 2.85. The summed E-state index contributed by atoms with van der Waals surface area (Å²) in [6, 6.07) is 14.7. The highest BCUT2D eigenvalue weighted by Crippen LogP contribution is 2.33. The number of rotatable bonds is 8. The van der Waals surface area contributed by atoms with Crippen LogP contribution in [-0.4, -0.2) is 30.1 Å². The Bertz CT molecular complexity index is 963. The molecule has 1 aromatic heterocycles. The van der Waals surface area contributed by atoms with Gasteiger partial charge in [0.2, 0.25) is 11.8 Å². The molecule has 0 saturated heterocycles. The van der Waals surface area contributed by atoms with E-state index in [0.717, 1.165) is 5.56 Å². The molecule has 0 N–H and O–H groups in total. The zero-order valence-electron chi connectivity index (χ0n) is 16.7. The lowest BCUT2D eigenvalue weighted by Crippen LogP contribution is -2.30. The molecule has 0 aliphatic carbocycles. The molecule has 7 nitrogen and oxygen atoms in total. The van der Waals surface area contributed by atoms with Crippen molar-refractivity contribution in [3.63, 3.8) is 0 Å². The van der Waals surface area contributed by atoms with E-state index in [2.05, 4.69) is 9.97 Å². The third-order valence-electron chi connectivity index (χ3n) is 4.33.